The zero-order valence-electron chi connectivity index (χ0n) is 13.1. The number of nitrogens with zero attached hydrogens (tertiary/aromatic N) is 1. The Kier molecular flexibility index (Phi) is 6.89. The summed E-state index contributed by atoms with van der Waals surface area (Å²) in [5.74, 6) is -2.15. The quantitative estimate of drug-likeness (QED) is 0.186. The van der Waals surface area contributed by atoms with Crippen LogP contribution in [0.2, 0.25) is 0 Å². The van der Waals surface area contributed by atoms with Crippen molar-refractivity contribution in [1.82, 2.24) is 10.2 Å². The first-order valence-electron chi connectivity index (χ1n) is 7.08. The second-order valence-electron chi connectivity index (χ2n) is 5.01. The molecule has 2 rings (SSSR count). The first kappa shape index (κ1) is 20.5. The van der Waals surface area contributed by atoms with Crippen LogP contribution in [0, 0.1) is 3.57 Å². The van der Waals surface area contributed by atoms with Gasteiger partial charge in [0.05, 0.1) is 4.47 Å². The van der Waals surface area contributed by atoms with Crippen LogP contribution in [0.25, 0.3) is 6.08 Å². The Hall–Kier alpha value is -1.79. The van der Waals surface area contributed by atoms with E-state index in [1.165, 1.54) is 17.1 Å². The molecule has 7 nitrogen and oxygen atoms in total. The molecule has 0 aliphatic carbocycles. The number of nitrogens with one attached hydrogen (secondary N) is 1. The van der Waals surface area contributed by atoms with Crippen molar-refractivity contribution < 1.29 is 24.2 Å². The van der Waals surface area contributed by atoms with Crippen molar-refractivity contribution in [2.24, 2.45) is 0 Å². The molecule has 2 N–H and O–H groups in total. The molecule has 10 heteroatoms. The number of carboxylic acids is 1. The van der Waals surface area contributed by atoms with Crippen LogP contribution in [0.4, 0.5) is 0 Å². The minimum Gasteiger partial charge on any atom is -0.480 e. The summed E-state index contributed by atoms with van der Waals surface area (Å²) >= 11 is 10.4. The molecule has 1 fully saturated rings. The van der Waals surface area contributed by atoms with Crippen LogP contribution in [0.3, 0.4) is 0 Å². The Morgan fingerprint density at radius 1 is 1.46 bits per heavy atom. The van der Waals surface area contributed by atoms with Gasteiger partial charge in [-0.3, -0.25) is 19.8 Å². The first-order valence-corrected chi connectivity index (χ1v) is 9.36. The van der Waals surface area contributed by atoms with E-state index >= 15 is 0 Å². The van der Waals surface area contributed by atoms with Gasteiger partial charge in [0.15, 0.2) is 11.7 Å². The Bertz CT molecular complexity index is 855. The van der Waals surface area contributed by atoms with Crippen LogP contribution in [0.15, 0.2) is 34.8 Å². The number of aliphatic carboxylic acids is 1. The first-order chi connectivity index (χ1) is 12.2. The predicted molar refractivity (Wildman–Crippen MR) is 111 cm³/mol. The van der Waals surface area contributed by atoms with E-state index in [9.17, 15) is 14.4 Å². The molecular formula is C16H12BrIN2O5S. The normalized spacial score (nSPS) is 15.8. The van der Waals surface area contributed by atoms with Crippen LogP contribution >= 0.6 is 50.7 Å². The summed E-state index contributed by atoms with van der Waals surface area (Å²) in [5, 5.41) is 11.3. The second-order valence-corrected chi connectivity index (χ2v) is 7.50. The third kappa shape index (κ3) is 4.68. The second kappa shape index (κ2) is 8.73. The molecule has 1 saturated heterocycles. The SMILES string of the molecule is C=CCN1C(=O)C(=Cc2cc(I)cc(Br)c2OCC(=O)O)C(=O)NC1=S. The maximum Gasteiger partial charge on any atom is 0.341 e. The Morgan fingerprint density at radius 3 is 2.77 bits per heavy atom. The average molecular weight is 551 g/mol. The molecule has 1 aliphatic rings. The number of thiocarbonyl (C=S) groups is 1. The van der Waals surface area contributed by atoms with Crippen molar-refractivity contribution in [3.63, 3.8) is 0 Å². The van der Waals surface area contributed by atoms with Gasteiger partial charge in [-0.1, -0.05) is 6.08 Å². The lowest BCUT2D eigenvalue weighted by Crippen LogP contribution is -2.53. The van der Waals surface area contributed by atoms with Gasteiger partial charge in [0.1, 0.15) is 11.3 Å². The number of hydrogen-bond acceptors (Lipinski definition) is 5. The molecule has 26 heavy (non-hydrogen) atoms. The van der Waals surface area contributed by atoms with Gasteiger partial charge < -0.3 is 9.84 Å². The molecule has 2 amide bonds. The number of benzene rings is 1. The van der Waals surface area contributed by atoms with E-state index < -0.39 is 24.4 Å². The third-order valence-corrected chi connectivity index (χ3v) is 4.71. The highest BCUT2D eigenvalue weighted by atomic mass is 127. The summed E-state index contributed by atoms with van der Waals surface area (Å²) < 4.78 is 6.60. The minimum atomic E-state index is -1.15. The van der Waals surface area contributed by atoms with Crippen LogP contribution in [0.5, 0.6) is 5.75 Å². The largest absolute Gasteiger partial charge is 0.480 e. The fourth-order valence-electron chi connectivity index (χ4n) is 2.12. The highest BCUT2D eigenvalue weighted by molar-refractivity contribution is 14.1. The van der Waals surface area contributed by atoms with Crippen molar-refractivity contribution in [2.45, 2.75) is 0 Å². The molecule has 1 aromatic rings. The van der Waals surface area contributed by atoms with E-state index in [2.05, 4.69) is 50.4 Å². The van der Waals surface area contributed by atoms with Crippen LogP contribution in [-0.2, 0) is 14.4 Å². The van der Waals surface area contributed by atoms with Gasteiger partial charge in [-0.15, -0.1) is 6.58 Å². The Morgan fingerprint density at radius 2 is 2.15 bits per heavy atom. The summed E-state index contributed by atoms with van der Waals surface area (Å²) in [6.45, 7) is 3.14. The van der Waals surface area contributed by atoms with E-state index in [-0.39, 0.29) is 23.0 Å². The summed E-state index contributed by atoms with van der Waals surface area (Å²) in [6, 6.07) is 3.39. The number of rotatable bonds is 6. The topological polar surface area (TPSA) is 95.9 Å². The molecule has 136 valence electrons. The molecule has 0 saturated carbocycles. The standard InChI is InChI=1S/C16H12BrIN2O5S/c1-2-3-20-15(24)10(14(23)19-16(20)26)5-8-4-9(18)6-11(17)13(8)25-7-12(21)22/h2,4-6H,1,3,7H2,(H,21,22)(H,19,23,26). The molecule has 0 unspecified atom stereocenters. The lowest BCUT2D eigenvalue weighted by Gasteiger charge is -2.28. The molecule has 0 radical (unpaired) electrons. The predicted octanol–water partition coefficient (Wildman–Crippen LogP) is 2.33. The van der Waals surface area contributed by atoms with Crippen molar-refractivity contribution in [3.05, 3.63) is 44.0 Å². The number of ether oxygens (including phenoxy) is 1. The number of carbonyl (C=O) groups excluding carboxylic acids is 2. The maximum atomic E-state index is 12.6. The highest BCUT2D eigenvalue weighted by Gasteiger charge is 2.33. The molecule has 1 heterocycles. The van der Waals surface area contributed by atoms with E-state index in [0.717, 1.165) is 3.57 Å². The molecular weight excluding hydrogens is 539 g/mol. The molecule has 1 aromatic carbocycles. The number of halogens is 2. The molecule has 0 spiro atoms. The van der Waals surface area contributed by atoms with Gasteiger partial charge in [0.2, 0.25) is 0 Å². The fraction of sp³-hybridized carbons (Fsp3) is 0.125. The van der Waals surface area contributed by atoms with Crippen molar-refractivity contribution in [1.29, 1.82) is 0 Å². The van der Waals surface area contributed by atoms with E-state index in [0.29, 0.717) is 10.0 Å². The summed E-state index contributed by atoms with van der Waals surface area (Å²) in [6.07, 6.45) is 2.84. The molecule has 0 atom stereocenters. The van der Waals surface area contributed by atoms with Gasteiger partial charge in [-0.2, -0.15) is 0 Å². The molecule has 0 bridgehead atoms. The van der Waals surface area contributed by atoms with Gasteiger partial charge in [-0.05, 0) is 68.9 Å². The lowest BCUT2D eigenvalue weighted by atomic mass is 10.1. The van der Waals surface area contributed by atoms with Gasteiger partial charge in [0, 0.05) is 15.7 Å². The monoisotopic (exact) mass is 550 g/mol. The summed E-state index contributed by atoms with van der Waals surface area (Å²) in [5.41, 5.74) is 0.240. The van der Waals surface area contributed by atoms with Crippen molar-refractivity contribution in [3.8, 4) is 5.75 Å². The third-order valence-electron chi connectivity index (χ3n) is 3.17. The fourth-order valence-corrected chi connectivity index (χ4v) is 4.03. The lowest BCUT2D eigenvalue weighted by molar-refractivity contribution is -0.139. The van der Waals surface area contributed by atoms with E-state index in [4.69, 9.17) is 22.1 Å². The number of carbonyl (C=O) groups is 3. The maximum absolute atomic E-state index is 12.6. The van der Waals surface area contributed by atoms with Gasteiger partial charge >= 0.3 is 5.97 Å². The molecule has 1 aliphatic heterocycles. The molecule has 0 aromatic heterocycles. The van der Waals surface area contributed by atoms with Gasteiger partial charge in [0.25, 0.3) is 11.8 Å². The van der Waals surface area contributed by atoms with Crippen LogP contribution < -0.4 is 10.1 Å². The minimum absolute atomic E-state index is 0.00298. The smallest absolute Gasteiger partial charge is 0.341 e. The Labute approximate surface area is 176 Å². The highest BCUT2D eigenvalue weighted by Crippen LogP contribution is 2.33. The van der Waals surface area contributed by atoms with Crippen molar-refractivity contribution in [2.75, 3.05) is 13.2 Å². The van der Waals surface area contributed by atoms with Crippen LogP contribution in [0.1, 0.15) is 5.56 Å². The number of hydrogen-bond donors (Lipinski definition) is 2. The number of amides is 2. The zero-order valence-corrected chi connectivity index (χ0v) is 17.7. The van der Waals surface area contributed by atoms with Crippen molar-refractivity contribution >= 4 is 79.7 Å². The van der Waals surface area contributed by atoms with E-state index in [1.54, 1.807) is 12.1 Å². The Balaban J connectivity index is 2.51. The number of carboxylic acid groups (broad SMARTS) is 1. The van der Waals surface area contributed by atoms with E-state index in [1.807, 2.05) is 0 Å². The zero-order chi connectivity index (χ0) is 19.4. The summed E-state index contributed by atoms with van der Waals surface area (Å²) in [4.78, 5) is 36.8. The summed E-state index contributed by atoms with van der Waals surface area (Å²) in [7, 11) is 0. The van der Waals surface area contributed by atoms with Gasteiger partial charge in [-0.25, -0.2) is 4.79 Å². The van der Waals surface area contributed by atoms with Crippen LogP contribution in [-0.4, -0.2) is 46.1 Å². The average Bonchev–Trinajstić information content (AvgIpc) is 2.54.